The molecule has 0 saturated carbocycles. The Hall–Kier alpha value is -1.47. The number of alkyl halides is 3. The number of carbonyl (C=O) groups is 1. The zero-order valence-electron chi connectivity index (χ0n) is 10.8. The van der Waals surface area contributed by atoms with Gasteiger partial charge in [-0.2, -0.15) is 13.2 Å². The van der Waals surface area contributed by atoms with Crippen LogP contribution in [0.3, 0.4) is 0 Å². The number of hydrogen-bond donors (Lipinski definition) is 2. The Labute approximate surface area is 121 Å². The van der Waals surface area contributed by atoms with Crippen LogP contribution >= 0.6 is 12.4 Å². The molecule has 0 aromatic heterocycles. The second-order valence-corrected chi connectivity index (χ2v) is 3.75. The highest BCUT2D eigenvalue weighted by molar-refractivity contribution is 5.85. The summed E-state index contributed by atoms with van der Waals surface area (Å²) in [5, 5.41) is 5.22. The van der Waals surface area contributed by atoms with Gasteiger partial charge in [0.15, 0.2) is 0 Å². The standard InChI is InChI=1S/C12H15F3N2O2.ClH/c1-16-8-11(18)17-5-6-19-10-4-2-3-9(7-10)12(13,14)15;/h2-4,7,16H,5-6,8H2,1H3,(H,17,18);1H. The van der Waals surface area contributed by atoms with Crippen LogP contribution in [-0.4, -0.2) is 32.7 Å². The van der Waals surface area contributed by atoms with Gasteiger partial charge < -0.3 is 15.4 Å². The molecule has 114 valence electrons. The van der Waals surface area contributed by atoms with E-state index in [-0.39, 0.29) is 43.8 Å². The Balaban J connectivity index is 0.00000361. The summed E-state index contributed by atoms with van der Waals surface area (Å²) in [4.78, 5) is 11.1. The highest BCUT2D eigenvalue weighted by Crippen LogP contribution is 2.31. The summed E-state index contributed by atoms with van der Waals surface area (Å²) in [6.45, 7) is 0.525. The van der Waals surface area contributed by atoms with Crippen LogP contribution in [0.4, 0.5) is 13.2 Å². The summed E-state index contributed by atoms with van der Waals surface area (Å²) < 4.78 is 42.4. The van der Waals surface area contributed by atoms with Crippen LogP contribution < -0.4 is 15.4 Å². The minimum Gasteiger partial charge on any atom is -0.492 e. The Morgan fingerprint density at radius 1 is 1.35 bits per heavy atom. The Morgan fingerprint density at radius 2 is 2.05 bits per heavy atom. The van der Waals surface area contributed by atoms with E-state index >= 15 is 0 Å². The van der Waals surface area contributed by atoms with Crippen molar-refractivity contribution in [1.29, 1.82) is 0 Å². The topological polar surface area (TPSA) is 50.4 Å². The van der Waals surface area contributed by atoms with E-state index in [0.717, 1.165) is 12.1 Å². The van der Waals surface area contributed by atoms with Crippen molar-refractivity contribution >= 4 is 18.3 Å². The number of halogens is 4. The molecule has 0 unspecified atom stereocenters. The number of carbonyl (C=O) groups excluding carboxylic acids is 1. The van der Waals surface area contributed by atoms with Gasteiger partial charge in [-0.25, -0.2) is 0 Å². The van der Waals surface area contributed by atoms with Gasteiger partial charge >= 0.3 is 6.18 Å². The highest BCUT2D eigenvalue weighted by Gasteiger charge is 2.30. The van der Waals surface area contributed by atoms with Crippen LogP contribution in [0.5, 0.6) is 5.75 Å². The molecule has 0 fully saturated rings. The quantitative estimate of drug-likeness (QED) is 0.788. The third-order valence-corrected chi connectivity index (χ3v) is 2.19. The molecule has 1 rings (SSSR count). The first-order chi connectivity index (χ1) is 8.93. The molecule has 20 heavy (non-hydrogen) atoms. The molecule has 1 aromatic rings. The number of likely N-dealkylation sites (N-methyl/N-ethyl adjacent to an activating group) is 1. The van der Waals surface area contributed by atoms with Gasteiger partial charge in [-0.15, -0.1) is 12.4 Å². The number of hydrogen-bond acceptors (Lipinski definition) is 3. The Morgan fingerprint density at radius 3 is 2.65 bits per heavy atom. The summed E-state index contributed by atoms with van der Waals surface area (Å²) in [6, 6.07) is 4.61. The highest BCUT2D eigenvalue weighted by atomic mass is 35.5. The van der Waals surface area contributed by atoms with Gasteiger partial charge in [0.2, 0.25) is 5.91 Å². The van der Waals surface area contributed by atoms with E-state index in [2.05, 4.69) is 10.6 Å². The fourth-order valence-corrected chi connectivity index (χ4v) is 1.34. The fourth-order valence-electron chi connectivity index (χ4n) is 1.34. The minimum atomic E-state index is -4.39. The molecule has 0 aliphatic carbocycles. The molecule has 1 aromatic carbocycles. The van der Waals surface area contributed by atoms with Crippen molar-refractivity contribution in [3.8, 4) is 5.75 Å². The van der Waals surface area contributed by atoms with Crippen molar-refractivity contribution in [2.24, 2.45) is 0 Å². The molecule has 0 saturated heterocycles. The molecule has 0 atom stereocenters. The normalized spacial score (nSPS) is 10.6. The first-order valence-corrected chi connectivity index (χ1v) is 5.65. The van der Waals surface area contributed by atoms with Crippen LogP contribution in [0.1, 0.15) is 5.56 Å². The lowest BCUT2D eigenvalue weighted by Gasteiger charge is -2.10. The van der Waals surface area contributed by atoms with Crippen molar-refractivity contribution in [2.45, 2.75) is 6.18 Å². The van der Waals surface area contributed by atoms with Gasteiger partial charge in [-0.1, -0.05) is 6.07 Å². The zero-order valence-corrected chi connectivity index (χ0v) is 11.6. The predicted octanol–water partition coefficient (Wildman–Crippen LogP) is 1.84. The summed E-state index contributed by atoms with van der Waals surface area (Å²) in [5.74, 6) is -0.0761. The molecule has 0 heterocycles. The van der Waals surface area contributed by atoms with E-state index in [0.29, 0.717) is 0 Å². The van der Waals surface area contributed by atoms with Gasteiger partial charge in [0.1, 0.15) is 12.4 Å². The summed E-state index contributed by atoms with van der Waals surface area (Å²) >= 11 is 0. The lowest BCUT2D eigenvalue weighted by Crippen LogP contribution is -2.34. The SMILES string of the molecule is CNCC(=O)NCCOc1cccc(C(F)(F)F)c1.Cl. The van der Waals surface area contributed by atoms with E-state index in [9.17, 15) is 18.0 Å². The van der Waals surface area contributed by atoms with Crippen LogP contribution in [0, 0.1) is 0 Å². The van der Waals surface area contributed by atoms with E-state index in [1.54, 1.807) is 7.05 Å². The largest absolute Gasteiger partial charge is 0.492 e. The van der Waals surface area contributed by atoms with Crippen LogP contribution in [0.25, 0.3) is 0 Å². The van der Waals surface area contributed by atoms with Crippen LogP contribution in [-0.2, 0) is 11.0 Å². The van der Waals surface area contributed by atoms with Gasteiger partial charge in [0.25, 0.3) is 0 Å². The maximum absolute atomic E-state index is 12.4. The first-order valence-electron chi connectivity index (χ1n) is 5.65. The average Bonchev–Trinajstić information content (AvgIpc) is 2.34. The summed E-state index contributed by atoms with van der Waals surface area (Å²) in [7, 11) is 1.64. The predicted molar refractivity (Wildman–Crippen MR) is 71.1 cm³/mol. The molecule has 0 aliphatic heterocycles. The second kappa shape index (κ2) is 8.65. The first kappa shape index (κ1) is 18.5. The molecule has 2 N–H and O–H groups in total. The van der Waals surface area contributed by atoms with Gasteiger partial charge in [0.05, 0.1) is 18.7 Å². The van der Waals surface area contributed by atoms with Crippen molar-refractivity contribution < 1.29 is 22.7 Å². The third kappa shape index (κ3) is 6.63. The molecule has 0 radical (unpaired) electrons. The molecule has 1 amide bonds. The van der Waals surface area contributed by atoms with Crippen molar-refractivity contribution in [3.63, 3.8) is 0 Å². The molecule has 4 nitrogen and oxygen atoms in total. The monoisotopic (exact) mass is 312 g/mol. The number of nitrogens with one attached hydrogen (secondary N) is 2. The minimum absolute atomic E-state index is 0. The number of ether oxygens (including phenoxy) is 1. The maximum atomic E-state index is 12.4. The van der Waals surface area contributed by atoms with Crippen molar-refractivity contribution in [2.75, 3.05) is 26.7 Å². The van der Waals surface area contributed by atoms with Gasteiger partial charge in [-0.05, 0) is 25.2 Å². The molecule has 8 heteroatoms. The number of rotatable bonds is 6. The maximum Gasteiger partial charge on any atom is 0.416 e. The van der Waals surface area contributed by atoms with Gasteiger partial charge in [0, 0.05) is 0 Å². The summed E-state index contributed by atoms with van der Waals surface area (Å²) in [6.07, 6.45) is -4.39. The lowest BCUT2D eigenvalue weighted by molar-refractivity contribution is -0.137. The molecule has 0 spiro atoms. The van der Waals surface area contributed by atoms with E-state index in [4.69, 9.17) is 4.74 Å². The van der Waals surface area contributed by atoms with Crippen molar-refractivity contribution in [1.82, 2.24) is 10.6 Å². The smallest absolute Gasteiger partial charge is 0.416 e. The molecule has 0 bridgehead atoms. The van der Waals surface area contributed by atoms with Gasteiger partial charge in [-0.3, -0.25) is 4.79 Å². The average molecular weight is 313 g/mol. The van der Waals surface area contributed by atoms with Crippen LogP contribution in [0.2, 0.25) is 0 Å². The van der Waals surface area contributed by atoms with Crippen LogP contribution in [0.15, 0.2) is 24.3 Å². The second-order valence-electron chi connectivity index (χ2n) is 3.75. The van der Waals surface area contributed by atoms with Crippen molar-refractivity contribution in [3.05, 3.63) is 29.8 Å². The molecular weight excluding hydrogens is 297 g/mol. The Bertz CT molecular complexity index is 427. The zero-order chi connectivity index (χ0) is 14.3. The molecular formula is C12H16ClF3N2O2. The Kier molecular flexibility index (Phi) is 8.02. The fraction of sp³-hybridized carbons (Fsp3) is 0.417. The van der Waals surface area contributed by atoms with E-state index < -0.39 is 11.7 Å². The van der Waals surface area contributed by atoms with E-state index in [1.165, 1.54) is 12.1 Å². The third-order valence-electron chi connectivity index (χ3n) is 2.19. The lowest BCUT2D eigenvalue weighted by atomic mass is 10.2. The number of benzene rings is 1. The molecule has 0 aliphatic rings. The number of amides is 1. The summed E-state index contributed by atoms with van der Waals surface area (Å²) in [5.41, 5.74) is -0.760. The van der Waals surface area contributed by atoms with E-state index in [1.807, 2.05) is 0 Å².